The van der Waals surface area contributed by atoms with Crippen LogP contribution in [0, 0.1) is 0 Å². The molecule has 9 heteroatoms. The van der Waals surface area contributed by atoms with Crippen molar-refractivity contribution in [3.05, 3.63) is 0 Å². The van der Waals surface area contributed by atoms with Gasteiger partial charge in [0.25, 0.3) is 10.1 Å². The van der Waals surface area contributed by atoms with Crippen LogP contribution < -0.4 is 0 Å². The first-order chi connectivity index (χ1) is 5.13. The normalized spacial score (nSPS) is 14.8. The molecule has 0 aliphatic rings. The third-order valence-electron chi connectivity index (χ3n) is 1.02. The number of rotatable bonds is 3. The van der Waals surface area contributed by atoms with E-state index < -0.39 is 34.6 Å². The summed E-state index contributed by atoms with van der Waals surface area (Å²) >= 11 is 0. The van der Waals surface area contributed by atoms with E-state index in [-0.39, 0.29) is 29.6 Å². The Kier molecular flexibility index (Phi) is 6.84. The standard InChI is InChI=1S/C4H7F3O4S.Na.H/c5-4(6,7)2-1-3(8)12(9,10)11;;/h3,8H,1-2H2,(H,9,10,11);;. The van der Waals surface area contributed by atoms with Gasteiger partial charge in [0.1, 0.15) is 0 Å². The van der Waals surface area contributed by atoms with Gasteiger partial charge in [0.2, 0.25) is 0 Å². The Hall–Kier alpha value is 0.660. The second kappa shape index (κ2) is 5.52. The van der Waals surface area contributed by atoms with Gasteiger partial charge in [-0.25, -0.2) is 0 Å². The molecular weight excluding hydrogens is 224 g/mol. The van der Waals surface area contributed by atoms with Gasteiger partial charge in [0.05, 0.1) is 0 Å². The summed E-state index contributed by atoms with van der Waals surface area (Å²) < 4.78 is 62.3. The van der Waals surface area contributed by atoms with Crippen molar-refractivity contribution in [2.75, 3.05) is 0 Å². The molecule has 0 aromatic carbocycles. The van der Waals surface area contributed by atoms with E-state index in [9.17, 15) is 21.6 Å². The summed E-state index contributed by atoms with van der Waals surface area (Å²) in [5.41, 5.74) is -2.36. The van der Waals surface area contributed by atoms with Crippen LogP contribution in [0.4, 0.5) is 13.2 Å². The molecule has 0 saturated carbocycles. The maximum atomic E-state index is 11.4. The molecule has 0 aliphatic carbocycles. The maximum absolute atomic E-state index is 11.4. The second-order valence-corrected chi connectivity index (χ2v) is 3.70. The summed E-state index contributed by atoms with van der Waals surface area (Å²) in [6, 6.07) is 0. The summed E-state index contributed by atoms with van der Waals surface area (Å²) in [4.78, 5) is 0. The van der Waals surface area contributed by atoms with Crippen LogP contribution in [0.1, 0.15) is 12.8 Å². The summed E-state index contributed by atoms with van der Waals surface area (Å²) in [5.74, 6) is 0. The zero-order valence-electron chi connectivity index (χ0n) is 5.74. The topological polar surface area (TPSA) is 74.6 Å². The van der Waals surface area contributed by atoms with Crippen LogP contribution in [0.3, 0.4) is 0 Å². The van der Waals surface area contributed by atoms with Gasteiger partial charge in [-0.1, -0.05) is 0 Å². The first-order valence-corrected chi connectivity index (χ1v) is 4.34. The van der Waals surface area contributed by atoms with Gasteiger partial charge < -0.3 is 5.11 Å². The Balaban J connectivity index is 0. The Morgan fingerprint density at radius 1 is 1.31 bits per heavy atom. The number of aliphatic hydroxyl groups excluding tert-OH is 1. The molecule has 0 aromatic heterocycles. The molecule has 0 aromatic rings. The van der Waals surface area contributed by atoms with Crippen molar-refractivity contribution < 1.29 is 31.2 Å². The molecule has 0 aliphatic heterocycles. The van der Waals surface area contributed by atoms with Crippen molar-refractivity contribution in [3.8, 4) is 0 Å². The summed E-state index contributed by atoms with van der Waals surface area (Å²) in [5, 5.41) is 8.41. The monoisotopic (exact) mass is 232 g/mol. The Labute approximate surface area is 95.2 Å². The molecule has 0 bridgehead atoms. The fourth-order valence-electron chi connectivity index (χ4n) is 0.436. The Morgan fingerprint density at radius 3 is 1.92 bits per heavy atom. The summed E-state index contributed by atoms with van der Waals surface area (Å²) in [7, 11) is -4.77. The average Bonchev–Trinajstić information content (AvgIpc) is 1.78. The van der Waals surface area contributed by atoms with E-state index >= 15 is 0 Å². The van der Waals surface area contributed by atoms with E-state index in [4.69, 9.17) is 9.66 Å². The van der Waals surface area contributed by atoms with E-state index in [1.165, 1.54) is 0 Å². The Morgan fingerprint density at radius 2 is 1.69 bits per heavy atom. The zero-order chi connectivity index (χ0) is 9.99. The summed E-state index contributed by atoms with van der Waals surface area (Å²) in [6.45, 7) is 0. The quantitative estimate of drug-likeness (QED) is 0.525. The van der Waals surface area contributed by atoms with Crippen molar-refractivity contribution in [2.45, 2.75) is 24.5 Å². The molecule has 0 rings (SSSR count). The van der Waals surface area contributed by atoms with Gasteiger partial charge in [0.15, 0.2) is 5.44 Å². The zero-order valence-corrected chi connectivity index (χ0v) is 6.56. The molecule has 1 atom stereocenters. The van der Waals surface area contributed by atoms with Crippen LogP contribution in [0.5, 0.6) is 0 Å². The minimum atomic E-state index is -4.77. The number of aliphatic hydroxyl groups is 1. The van der Waals surface area contributed by atoms with Crippen LogP contribution in [0.2, 0.25) is 0 Å². The molecule has 2 N–H and O–H groups in total. The fraction of sp³-hybridized carbons (Fsp3) is 1.00. The second-order valence-electron chi connectivity index (χ2n) is 2.12. The number of alkyl halides is 3. The van der Waals surface area contributed by atoms with E-state index in [1.54, 1.807) is 0 Å². The number of halogens is 3. The van der Waals surface area contributed by atoms with Crippen molar-refractivity contribution in [1.29, 1.82) is 0 Å². The van der Waals surface area contributed by atoms with Gasteiger partial charge in [-0.3, -0.25) is 4.55 Å². The predicted molar refractivity (Wildman–Crippen MR) is 40.0 cm³/mol. The first kappa shape index (κ1) is 16.1. The third kappa shape index (κ3) is 8.98. The SMILES string of the molecule is O=S(=O)(O)C(O)CCC(F)(F)F.[NaH]. The molecule has 0 radical (unpaired) electrons. The number of hydrogen-bond acceptors (Lipinski definition) is 3. The molecule has 0 saturated heterocycles. The number of hydrogen-bond donors (Lipinski definition) is 2. The molecule has 4 nitrogen and oxygen atoms in total. The van der Waals surface area contributed by atoms with E-state index in [1.807, 2.05) is 0 Å². The van der Waals surface area contributed by atoms with E-state index in [0.717, 1.165) is 0 Å². The summed E-state index contributed by atoms with van der Waals surface area (Å²) in [6.07, 6.45) is -7.04. The van der Waals surface area contributed by atoms with Crippen LogP contribution in [0.15, 0.2) is 0 Å². The van der Waals surface area contributed by atoms with E-state index in [0.29, 0.717) is 0 Å². The average molecular weight is 232 g/mol. The molecule has 13 heavy (non-hydrogen) atoms. The molecule has 0 heterocycles. The fourth-order valence-corrected chi connectivity index (χ4v) is 0.852. The minimum absolute atomic E-state index is 0. The molecule has 0 fully saturated rings. The van der Waals surface area contributed by atoms with Gasteiger partial charge in [0, 0.05) is 6.42 Å². The van der Waals surface area contributed by atoms with Crippen LogP contribution in [0.25, 0.3) is 0 Å². The van der Waals surface area contributed by atoms with Crippen LogP contribution in [-0.4, -0.2) is 59.2 Å². The third-order valence-corrected chi connectivity index (χ3v) is 1.94. The van der Waals surface area contributed by atoms with Crippen molar-refractivity contribution in [3.63, 3.8) is 0 Å². The first-order valence-electron chi connectivity index (χ1n) is 2.84. The Bertz CT molecular complexity index is 236. The van der Waals surface area contributed by atoms with Gasteiger partial charge in [-0.15, -0.1) is 0 Å². The van der Waals surface area contributed by atoms with Crippen LogP contribution in [-0.2, 0) is 10.1 Å². The molecule has 76 valence electrons. The molecule has 1 unspecified atom stereocenters. The van der Waals surface area contributed by atoms with E-state index in [2.05, 4.69) is 0 Å². The van der Waals surface area contributed by atoms with Crippen LogP contribution >= 0.6 is 0 Å². The molecule has 0 amide bonds. The van der Waals surface area contributed by atoms with Gasteiger partial charge in [-0.2, -0.15) is 21.6 Å². The van der Waals surface area contributed by atoms with Crippen molar-refractivity contribution >= 4 is 39.7 Å². The van der Waals surface area contributed by atoms with Gasteiger partial charge >= 0.3 is 35.7 Å². The molecular formula is C4H8F3NaO4S. The van der Waals surface area contributed by atoms with Gasteiger partial charge in [-0.05, 0) is 6.42 Å². The predicted octanol–water partition coefficient (Wildman–Crippen LogP) is -0.113. The van der Waals surface area contributed by atoms with Crippen molar-refractivity contribution in [2.24, 2.45) is 0 Å². The van der Waals surface area contributed by atoms with Crippen molar-refractivity contribution in [1.82, 2.24) is 0 Å². The molecule has 0 spiro atoms.